The van der Waals surface area contributed by atoms with Crippen molar-refractivity contribution in [3.63, 3.8) is 0 Å². The summed E-state index contributed by atoms with van der Waals surface area (Å²) in [5.41, 5.74) is 0.433. The molecule has 1 heterocycles. The summed E-state index contributed by atoms with van der Waals surface area (Å²) in [6.07, 6.45) is 1.59. The lowest BCUT2D eigenvalue weighted by Gasteiger charge is -2.15. The molecular formula is C15H12BrFN2O3. The first-order valence-electron chi connectivity index (χ1n) is 6.36. The highest BCUT2D eigenvalue weighted by Crippen LogP contribution is 2.15. The summed E-state index contributed by atoms with van der Waals surface area (Å²) in [5.74, 6) is -2.68. The van der Waals surface area contributed by atoms with E-state index in [0.29, 0.717) is 10.2 Å². The van der Waals surface area contributed by atoms with Gasteiger partial charge in [0.1, 0.15) is 16.5 Å². The van der Waals surface area contributed by atoms with Crippen molar-refractivity contribution in [1.29, 1.82) is 0 Å². The smallest absolute Gasteiger partial charge is 0.326 e. The van der Waals surface area contributed by atoms with E-state index in [0.717, 1.165) is 6.07 Å². The van der Waals surface area contributed by atoms with E-state index >= 15 is 0 Å². The fraction of sp³-hybridized carbons (Fsp3) is 0.133. The number of hydrogen-bond donors (Lipinski definition) is 2. The summed E-state index contributed by atoms with van der Waals surface area (Å²) in [4.78, 5) is 27.3. The highest BCUT2D eigenvalue weighted by atomic mass is 79.9. The Balaban J connectivity index is 2.16. The van der Waals surface area contributed by atoms with Crippen LogP contribution in [-0.4, -0.2) is 28.0 Å². The SMILES string of the molecule is O=C(N[C@H](Cc1cccnc1Br)C(=O)O)c1ccccc1F. The fourth-order valence-corrected chi connectivity index (χ4v) is 2.29. The Kier molecular flexibility index (Phi) is 5.21. The first-order chi connectivity index (χ1) is 10.5. The second kappa shape index (κ2) is 7.13. The van der Waals surface area contributed by atoms with Gasteiger partial charge in [0.25, 0.3) is 5.91 Å². The highest BCUT2D eigenvalue weighted by molar-refractivity contribution is 9.10. The molecule has 0 spiro atoms. The molecule has 0 bridgehead atoms. The van der Waals surface area contributed by atoms with Crippen molar-refractivity contribution in [3.8, 4) is 0 Å². The molecule has 0 aliphatic rings. The van der Waals surface area contributed by atoms with Crippen LogP contribution in [0.4, 0.5) is 4.39 Å². The first kappa shape index (κ1) is 16.1. The number of aliphatic carboxylic acids is 1. The van der Waals surface area contributed by atoms with Gasteiger partial charge in [0.2, 0.25) is 0 Å². The standard InChI is InChI=1S/C15H12BrFN2O3/c16-13-9(4-3-7-18-13)8-12(15(21)22)19-14(20)10-5-1-2-6-11(10)17/h1-7,12H,8H2,(H,19,20)(H,21,22)/t12-/m1/s1. The van der Waals surface area contributed by atoms with Gasteiger partial charge in [-0.3, -0.25) is 4.79 Å². The normalized spacial score (nSPS) is 11.7. The summed E-state index contributed by atoms with van der Waals surface area (Å²) in [6.45, 7) is 0. The maximum absolute atomic E-state index is 13.6. The lowest BCUT2D eigenvalue weighted by molar-refractivity contribution is -0.139. The van der Waals surface area contributed by atoms with Crippen LogP contribution < -0.4 is 5.32 Å². The summed E-state index contributed by atoms with van der Waals surface area (Å²) < 4.78 is 14.1. The maximum Gasteiger partial charge on any atom is 0.326 e. The van der Waals surface area contributed by atoms with Crippen molar-refractivity contribution in [2.75, 3.05) is 0 Å². The maximum atomic E-state index is 13.6. The van der Waals surface area contributed by atoms with E-state index in [1.807, 2.05) is 0 Å². The Bertz CT molecular complexity index is 709. The average molecular weight is 367 g/mol. The molecule has 0 saturated heterocycles. The van der Waals surface area contributed by atoms with Gasteiger partial charge in [-0.2, -0.15) is 0 Å². The van der Waals surface area contributed by atoms with Gasteiger partial charge in [-0.1, -0.05) is 18.2 Å². The van der Waals surface area contributed by atoms with Gasteiger partial charge in [-0.15, -0.1) is 0 Å². The van der Waals surface area contributed by atoms with Gasteiger partial charge >= 0.3 is 5.97 Å². The molecule has 1 aromatic carbocycles. The van der Waals surface area contributed by atoms with Crippen LogP contribution in [0.15, 0.2) is 47.2 Å². The average Bonchev–Trinajstić information content (AvgIpc) is 2.49. The topological polar surface area (TPSA) is 79.3 Å². The highest BCUT2D eigenvalue weighted by Gasteiger charge is 2.23. The minimum absolute atomic E-state index is 0.0317. The molecule has 1 atom stereocenters. The van der Waals surface area contributed by atoms with Gasteiger partial charge in [-0.05, 0) is 39.7 Å². The van der Waals surface area contributed by atoms with E-state index in [9.17, 15) is 19.1 Å². The van der Waals surface area contributed by atoms with Crippen molar-refractivity contribution >= 4 is 27.8 Å². The number of carbonyl (C=O) groups is 2. The van der Waals surface area contributed by atoms with E-state index in [-0.39, 0.29) is 12.0 Å². The zero-order valence-electron chi connectivity index (χ0n) is 11.3. The van der Waals surface area contributed by atoms with E-state index in [4.69, 9.17) is 0 Å². The predicted molar refractivity (Wildman–Crippen MR) is 80.9 cm³/mol. The minimum Gasteiger partial charge on any atom is -0.480 e. The second-order valence-electron chi connectivity index (χ2n) is 4.50. The Morgan fingerprint density at radius 2 is 2.00 bits per heavy atom. The molecule has 1 amide bonds. The molecule has 22 heavy (non-hydrogen) atoms. The first-order valence-corrected chi connectivity index (χ1v) is 7.16. The lowest BCUT2D eigenvalue weighted by atomic mass is 10.1. The molecular weight excluding hydrogens is 355 g/mol. The molecule has 5 nitrogen and oxygen atoms in total. The van der Waals surface area contributed by atoms with Crippen LogP contribution in [0.1, 0.15) is 15.9 Å². The molecule has 0 aliphatic heterocycles. The molecule has 0 aliphatic carbocycles. The van der Waals surface area contributed by atoms with Crippen LogP contribution in [0.2, 0.25) is 0 Å². The zero-order valence-corrected chi connectivity index (χ0v) is 12.9. The molecule has 0 radical (unpaired) electrons. The number of carbonyl (C=O) groups excluding carboxylic acids is 1. The summed E-state index contributed by atoms with van der Waals surface area (Å²) in [6, 6.07) is 7.57. The van der Waals surface area contributed by atoms with E-state index in [1.165, 1.54) is 18.2 Å². The van der Waals surface area contributed by atoms with Crippen molar-refractivity contribution in [3.05, 3.63) is 64.1 Å². The number of carboxylic acids is 1. The van der Waals surface area contributed by atoms with E-state index < -0.39 is 23.7 Å². The number of nitrogens with zero attached hydrogens (tertiary/aromatic N) is 1. The quantitative estimate of drug-likeness (QED) is 0.796. The van der Waals surface area contributed by atoms with Crippen LogP contribution in [0.3, 0.4) is 0 Å². The van der Waals surface area contributed by atoms with Crippen LogP contribution in [0.5, 0.6) is 0 Å². The Hall–Kier alpha value is -2.28. The van der Waals surface area contributed by atoms with Crippen molar-refractivity contribution in [2.24, 2.45) is 0 Å². The largest absolute Gasteiger partial charge is 0.480 e. The number of aromatic nitrogens is 1. The number of carboxylic acid groups (broad SMARTS) is 1. The Labute approximate surface area is 134 Å². The Morgan fingerprint density at radius 3 is 2.64 bits per heavy atom. The fourth-order valence-electron chi connectivity index (χ4n) is 1.87. The number of nitrogens with one attached hydrogen (secondary N) is 1. The zero-order chi connectivity index (χ0) is 16.1. The summed E-state index contributed by atoms with van der Waals surface area (Å²) >= 11 is 3.22. The third-order valence-electron chi connectivity index (χ3n) is 2.98. The molecule has 1 aromatic heterocycles. The number of amides is 1. The number of rotatable bonds is 5. The predicted octanol–water partition coefficient (Wildman–Crippen LogP) is 2.41. The van der Waals surface area contributed by atoms with E-state index in [1.54, 1.807) is 18.3 Å². The molecule has 0 fully saturated rings. The molecule has 7 heteroatoms. The molecule has 114 valence electrons. The third kappa shape index (κ3) is 3.88. The molecule has 2 N–H and O–H groups in total. The van der Waals surface area contributed by atoms with Crippen LogP contribution >= 0.6 is 15.9 Å². The van der Waals surface area contributed by atoms with Crippen molar-refractivity contribution in [1.82, 2.24) is 10.3 Å². The molecule has 2 rings (SSSR count). The molecule has 0 unspecified atom stereocenters. The molecule has 2 aromatic rings. The van der Waals surface area contributed by atoms with Gasteiger partial charge in [0.05, 0.1) is 5.56 Å². The molecule has 0 saturated carbocycles. The Morgan fingerprint density at radius 1 is 1.27 bits per heavy atom. The number of benzene rings is 1. The number of hydrogen-bond acceptors (Lipinski definition) is 3. The number of halogens is 2. The van der Waals surface area contributed by atoms with Gasteiger partial charge in [0.15, 0.2) is 0 Å². The van der Waals surface area contributed by atoms with Crippen LogP contribution in [0, 0.1) is 5.82 Å². The van der Waals surface area contributed by atoms with Crippen molar-refractivity contribution in [2.45, 2.75) is 12.5 Å². The van der Waals surface area contributed by atoms with Crippen LogP contribution in [-0.2, 0) is 11.2 Å². The summed E-state index contributed by atoms with van der Waals surface area (Å²) in [7, 11) is 0. The monoisotopic (exact) mass is 366 g/mol. The summed E-state index contributed by atoms with van der Waals surface area (Å²) in [5, 5.41) is 11.6. The third-order valence-corrected chi connectivity index (χ3v) is 3.70. The van der Waals surface area contributed by atoms with Crippen LogP contribution in [0.25, 0.3) is 0 Å². The van der Waals surface area contributed by atoms with Gasteiger partial charge in [0, 0.05) is 12.6 Å². The minimum atomic E-state index is -1.21. The van der Waals surface area contributed by atoms with E-state index in [2.05, 4.69) is 26.2 Å². The van der Waals surface area contributed by atoms with Crippen molar-refractivity contribution < 1.29 is 19.1 Å². The van der Waals surface area contributed by atoms with Gasteiger partial charge < -0.3 is 10.4 Å². The number of pyridine rings is 1. The van der Waals surface area contributed by atoms with Gasteiger partial charge in [-0.25, -0.2) is 14.2 Å². The lowest BCUT2D eigenvalue weighted by Crippen LogP contribution is -2.42. The second-order valence-corrected chi connectivity index (χ2v) is 5.25.